The summed E-state index contributed by atoms with van der Waals surface area (Å²) in [5.74, 6) is 0.200. The lowest BCUT2D eigenvalue weighted by Gasteiger charge is -2.12. The van der Waals surface area contributed by atoms with E-state index in [-0.39, 0.29) is 36.0 Å². The highest BCUT2D eigenvalue weighted by Gasteiger charge is 2.28. The number of carbonyl (C=O) groups excluding carboxylic acids is 1. The van der Waals surface area contributed by atoms with Crippen LogP contribution in [-0.4, -0.2) is 69.6 Å². The number of rotatable bonds is 12. The van der Waals surface area contributed by atoms with E-state index < -0.39 is 15.9 Å². The first-order valence-corrected chi connectivity index (χ1v) is 13.4. The van der Waals surface area contributed by atoms with E-state index in [1.165, 1.54) is 37.6 Å². The van der Waals surface area contributed by atoms with Crippen LogP contribution in [0.4, 0.5) is 5.82 Å². The third-order valence-electron chi connectivity index (χ3n) is 6.12. The molecule has 2 N–H and O–H groups in total. The number of carbonyl (C=O) groups is 1. The van der Waals surface area contributed by atoms with Crippen molar-refractivity contribution in [2.75, 3.05) is 32.7 Å². The minimum Gasteiger partial charge on any atom is -0.392 e. The van der Waals surface area contributed by atoms with Gasteiger partial charge in [0.05, 0.1) is 35.7 Å². The van der Waals surface area contributed by atoms with Crippen molar-refractivity contribution < 1.29 is 27.5 Å². The largest absolute Gasteiger partial charge is 0.392 e. The number of anilines is 1. The number of methoxy groups -OCH3 is 2. The monoisotopic (exact) mass is 517 g/mol. The van der Waals surface area contributed by atoms with E-state index in [4.69, 9.17) is 14.3 Å². The summed E-state index contributed by atoms with van der Waals surface area (Å²) in [7, 11) is -0.570. The van der Waals surface area contributed by atoms with E-state index in [9.17, 15) is 13.2 Å². The summed E-state index contributed by atoms with van der Waals surface area (Å²) in [6, 6.07) is 5.85. The summed E-state index contributed by atoms with van der Waals surface area (Å²) in [5, 5.41) is 6.88. The second-order valence-corrected chi connectivity index (χ2v) is 10.6. The Morgan fingerprint density at radius 2 is 1.81 bits per heavy atom. The van der Waals surface area contributed by atoms with Gasteiger partial charge < -0.3 is 19.6 Å². The fourth-order valence-electron chi connectivity index (χ4n) is 3.88. The minimum atomic E-state index is -3.72. The maximum Gasteiger partial charge on any atom is 0.279 e. The van der Waals surface area contributed by atoms with Gasteiger partial charge in [-0.3, -0.25) is 9.78 Å². The molecule has 2 aliphatic rings. The zero-order valence-electron chi connectivity index (χ0n) is 20.3. The van der Waals surface area contributed by atoms with Crippen LogP contribution >= 0.6 is 0 Å². The van der Waals surface area contributed by atoms with Crippen molar-refractivity contribution in [2.24, 2.45) is 5.16 Å². The van der Waals surface area contributed by atoms with Gasteiger partial charge in [0, 0.05) is 38.7 Å². The first kappa shape index (κ1) is 26.1. The Hall–Kier alpha value is -2.93. The molecule has 2 fully saturated rings. The Balaban J connectivity index is 1.51. The SMILES string of the molecule is COCCNS(=O)(=O)c1ccc(C(=NO[C@@H]2CC[C@@H](OC)C2)C(=O)Nc2cnc(C3CC3)cn2)cc1. The molecule has 11 nitrogen and oxygen atoms in total. The molecule has 2 aromatic rings. The van der Waals surface area contributed by atoms with Gasteiger partial charge in [-0.25, -0.2) is 18.1 Å². The first-order valence-electron chi connectivity index (χ1n) is 11.9. The molecule has 0 aliphatic heterocycles. The van der Waals surface area contributed by atoms with Crippen LogP contribution in [0, 0.1) is 0 Å². The maximum atomic E-state index is 13.2. The van der Waals surface area contributed by atoms with Crippen LogP contribution in [0.1, 0.15) is 49.3 Å². The van der Waals surface area contributed by atoms with Gasteiger partial charge >= 0.3 is 0 Å². The number of hydrogen-bond acceptors (Lipinski definition) is 9. The van der Waals surface area contributed by atoms with Gasteiger partial charge in [0.25, 0.3) is 5.91 Å². The first-order chi connectivity index (χ1) is 17.4. The number of nitrogens with zero attached hydrogens (tertiary/aromatic N) is 3. The average Bonchev–Trinajstić information content (AvgIpc) is 3.63. The van der Waals surface area contributed by atoms with Gasteiger partial charge in [-0.2, -0.15) is 0 Å². The standard InChI is InChI=1S/C24H31N5O6S/c1-33-12-11-27-36(31,32)20-9-5-17(6-10-20)23(29-35-19-8-7-18(13-19)34-2)24(30)28-22-15-25-21(14-26-22)16-3-4-16/h5-6,9-10,14-16,18-19,27H,3-4,7-8,11-13H2,1-2H3,(H,26,28,30)/t18-,19-/m1/s1. The molecule has 2 atom stereocenters. The zero-order chi connectivity index (χ0) is 25.5. The zero-order valence-corrected chi connectivity index (χ0v) is 21.2. The Kier molecular flexibility index (Phi) is 8.62. The highest BCUT2D eigenvalue weighted by Crippen LogP contribution is 2.38. The third kappa shape index (κ3) is 6.84. The summed E-state index contributed by atoms with van der Waals surface area (Å²) < 4.78 is 37.7. The normalized spacial score (nSPS) is 20.3. The summed E-state index contributed by atoms with van der Waals surface area (Å²) in [5.41, 5.74) is 1.31. The van der Waals surface area contributed by atoms with Crippen molar-refractivity contribution in [1.82, 2.24) is 14.7 Å². The molecule has 4 rings (SSSR count). The number of hydrogen-bond donors (Lipinski definition) is 2. The predicted octanol–water partition coefficient (Wildman–Crippen LogP) is 2.21. The van der Waals surface area contributed by atoms with Crippen LogP contribution in [0.3, 0.4) is 0 Å². The van der Waals surface area contributed by atoms with Gasteiger partial charge in [-0.1, -0.05) is 17.3 Å². The Morgan fingerprint density at radius 1 is 1.06 bits per heavy atom. The highest BCUT2D eigenvalue weighted by molar-refractivity contribution is 7.89. The molecule has 2 aliphatic carbocycles. The molecule has 0 saturated heterocycles. The van der Waals surface area contributed by atoms with Crippen LogP contribution in [0.5, 0.6) is 0 Å². The van der Waals surface area contributed by atoms with E-state index in [1.54, 1.807) is 13.3 Å². The predicted molar refractivity (Wildman–Crippen MR) is 132 cm³/mol. The third-order valence-corrected chi connectivity index (χ3v) is 7.60. The molecule has 0 spiro atoms. The molecule has 1 amide bonds. The molecular formula is C24H31N5O6S. The quantitative estimate of drug-likeness (QED) is 0.248. The van der Waals surface area contributed by atoms with Crippen molar-refractivity contribution in [3.63, 3.8) is 0 Å². The molecule has 0 radical (unpaired) electrons. The smallest absolute Gasteiger partial charge is 0.279 e. The number of aromatic nitrogens is 2. The van der Waals surface area contributed by atoms with Crippen LogP contribution in [0.2, 0.25) is 0 Å². The fourth-order valence-corrected chi connectivity index (χ4v) is 4.90. The molecule has 12 heteroatoms. The maximum absolute atomic E-state index is 13.2. The van der Waals surface area contributed by atoms with Gasteiger partial charge in [-0.15, -0.1) is 0 Å². The Labute approximate surface area is 210 Å². The van der Waals surface area contributed by atoms with Crippen LogP contribution in [-0.2, 0) is 29.1 Å². The number of sulfonamides is 1. The van der Waals surface area contributed by atoms with Crippen LogP contribution < -0.4 is 10.0 Å². The van der Waals surface area contributed by atoms with Crippen molar-refractivity contribution in [1.29, 1.82) is 0 Å². The van der Waals surface area contributed by atoms with E-state index in [2.05, 4.69) is 25.2 Å². The second-order valence-electron chi connectivity index (χ2n) is 8.81. The number of ether oxygens (including phenoxy) is 2. The Bertz CT molecular complexity index is 1170. The molecule has 194 valence electrons. The summed E-state index contributed by atoms with van der Waals surface area (Å²) in [6.45, 7) is 0.398. The number of benzene rings is 1. The number of nitrogens with one attached hydrogen (secondary N) is 2. The average molecular weight is 518 g/mol. The minimum absolute atomic E-state index is 0.000210. The summed E-state index contributed by atoms with van der Waals surface area (Å²) in [6.07, 6.45) is 7.59. The van der Waals surface area contributed by atoms with Gasteiger partial charge in [-0.05, 0) is 37.8 Å². The molecule has 1 heterocycles. The Morgan fingerprint density at radius 3 is 2.42 bits per heavy atom. The molecular weight excluding hydrogens is 486 g/mol. The highest BCUT2D eigenvalue weighted by atomic mass is 32.2. The lowest BCUT2D eigenvalue weighted by atomic mass is 10.1. The molecule has 1 aromatic heterocycles. The lowest BCUT2D eigenvalue weighted by Crippen LogP contribution is -2.28. The van der Waals surface area contributed by atoms with E-state index in [1.807, 2.05) is 0 Å². The number of oxime groups is 1. The molecule has 0 bridgehead atoms. The second kappa shape index (κ2) is 11.9. The van der Waals surface area contributed by atoms with Crippen molar-refractivity contribution >= 4 is 27.5 Å². The van der Waals surface area contributed by atoms with E-state index in [0.29, 0.717) is 23.7 Å². The van der Waals surface area contributed by atoms with Gasteiger partial charge in [0.15, 0.2) is 11.5 Å². The molecule has 0 unspecified atom stereocenters. The van der Waals surface area contributed by atoms with Crippen molar-refractivity contribution in [3.05, 3.63) is 47.9 Å². The summed E-state index contributed by atoms with van der Waals surface area (Å²) >= 11 is 0. The lowest BCUT2D eigenvalue weighted by molar-refractivity contribution is -0.110. The topological polar surface area (TPSA) is 141 Å². The summed E-state index contributed by atoms with van der Waals surface area (Å²) in [4.78, 5) is 27.6. The van der Waals surface area contributed by atoms with Gasteiger partial charge in [0.2, 0.25) is 10.0 Å². The van der Waals surface area contributed by atoms with Gasteiger partial charge in [0.1, 0.15) is 6.10 Å². The van der Waals surface area contributed by atoms with E-state index in [0.717, 1.165) is 31.4 Å². The molecule has 2 saturated carbocycles. The fraction of sp³-hybridized carbons (Fsp3) is 0.500. The van der Waals surface area contributed by atoms with Crippen molar-refractivity contribution in [3.8, 4) is 0 Å². The van der Waals surface area contributed by atoms with Crippen molar-refractivity contribution in [2.45, 2.75) is 55.1 Å². The number of amides is 1. The van der Waals surface area contributed by atoms with E-state index >= 15 is 0 Å². The molecule has 1 aromatic carbocycles. The van der Waals surface area contributed by atoms with Crippen LogP contribution in [0.15, 0.2) is 46.7 Å². The molecule has 36 heavy (non-hydrogen) atoms. The van der Waals surface area contributed by atoms with Crippen LogP contribution in [0.25, 0.3) is 0 Å².